The Labute approximate surface area is 86.7 Å². The molecule has 6 heteroatoms. The van der Waals surface area contributed by atoms with Gasteiger partial charge in [-0.3, -0.25) is 4.79 Å². The highest BCUT2D eigenvalue weighted by molar-refractivity contribution is 5.85. The van der Waals surface area contributed by atoms with Gasteiger partial charge in [-0.25, -0.2) is 0 Å². The third-order valence-electron chi connectivity index (χ3n) is 2.49. The number of fused-ring (bicyclic) bond motifs is 1. The molecule has 4 atom stereocenters. The fourth-order valence-electron chi connectivity index (χ4n) is 1.85. The molecule has 86 valence electrons. The van der Waals surface area contributed by atoms with Crippen LogP contribution < -0.4 is 0 Å². The van der Waals surface area contributed by atoms with Crippen molar-refractivity contribution in [2.75, 3.05) is 6.61 Å². The molecule has 6 nitrogen and oxygen atoms in total. The minimum atomic E-state index is -1.09. The highest BCUT2D eigenvalue weighted by Gasteiger charge is 2.55. The number of carbonyl (C=O) groups is 1. The third-order valence-corrected chi connectivity index (χ3v) is 2.49. The van der Waals surface area contributed by atoms with Gasteiger partial charge in [0.2, 0.25) is 0 Å². The van der Waals surface area contributed by atoms with E-state index in [1.807, 2.05) is 0 Å². The summed E-state index contributed by atoms with van der Waals surface area (Å²) >= 11 is 0. The molecule has 0 spiro atoms. The van der Waals surface area contributed by atoms with Crippen LogP contribution in [0.3, 0.4) is 0 Å². The van der Waals surface area contributed by atoms with Crippen LogP contribution >= 0.6 is 0 Å². The maximum atomic E-state index is 11.2. The summed E-state index contributed by atoms with van der Waals surface area (Å²) in [5.41, 5.74) is 0. The van der Waals surface area contributed by atoms with Crippen molar-refractivity contribution in [3.05, 3.63) is 0 Å². The lowest BCUT2D eigenvalue weighted by Crippen LogP contribution is -2.39. The van der Waals surface area contributed by atoms with E-state index in [9.17, 15) is 9.90 Å². The summed E-state index contributed by atoms with van der Waals surface area (Å²) in [6, 6.07) is 0. The summed E-state index contributed by atoms with van der Waals surface area (Å²) in [7, 11) is 0. The highest BCUT2D eigenvalue weighted by atomic mass is 16.8. The van der Waals surface area contributed by atoms with Crippen molar-refractivity contribution in [2.24, 2.45) is 0 Å². The average Bonchev–Trinajstić information content (AvgIpc) is 2.60. The molecule has 0 amide bonds. The van der Waals surface area contributed by atoms with Crippen molar-refractivity contribution in [3.63, 3.8) is 0 Å². The summed E-state index contributed by atoms with van der Waals surface area (Å²) < 4.78 is 15.9. The summed E-state index contributed by atoms with van der Waals surface area (Å²) in [6.07, 6.45) is -3.55. The van der Waals surface area contributed by atoms with Crippen LogP contribution in [0.25, 0.3) is 0 Å². The van der Waals surface area contributed by atoms with Crippen LogP contribution in [0.5, 0.6) is 0 Å². The Morgan fingerprint density at radius 1 is 1.40 bits per heavy atom. The van der Waals surface area contributed by atoms with E-state index in [0.29, 0.717) is 0 Å². The number of hydrogen-bond acceptors (Lipinski definition) is 6. The zero-order valence-electron chi connectivity index (χ0n) is 8.54. The smallest absolute Gasteiger partial charge is 0.190 e. The van der Waals surface area contributed by atoms with Gasteiger partial charge in [-0.1, -0.05) is 0 Å². The Balaban J connectivity index is 2.08. The van der Waals surface area contributed by atoms with Crippen molar-refractivity contribution >= 4 is 5.78 Å². The van der Waals surface area contributed by atoms with Crippen molar-refractivity contribution in [1.82, 2.24) is 0 Å². The lowest BCUT2D eigenvalue weighted by atomic mass is 10.1. The lowest BCUT2D eigenvalue weighted by Gasteiger charge is -2.21. The Morgan fingerprint density at radius 2 is 2.07 bits per heavy atom. The van der Waals surface area contributed by atoms with Gasteiger partial charge in [-0.05, 0) is 13.8 Å². The summed E-state index contributed by atoms with van der Waals surface area (Å²) in [5, 5.41) is 18.4. The predicted octanol–water partition coefficient (Wildman–Crippen LogP) is -1.21. The molecule has 0 unspecified atom stereocenters. The third kappa shape index (κ3) is 1.79. The Kier molecular flexibility index (Phi) is 2.56. The van der Waals surface area contributed by atoms with Crippen LogP contribution in [0.1, 0.15) is 13.8 Å². The fourth-order valence-corrected chi connectivity index (χ4v) is 1.85. The van der Waals surface area contributed by atoms with Crippen molar-refractivity contribution in [1.29, 1.82) is 0 Å². The van der Waals surface area contributed by atoms with E-state index in [2.05, 4.69) is 0 Å². The van der Waals surface area contributed by atoms with Gasteiger partial charge in [0, 0.05) is 0 Å². The van der Waals surface area contributed by atoms with Crippen molar-refractivity contribution < 1.29 is 29.2 Å². The number of ether oxygens (including phenoxy) is 3. The number of rotatable bonds is 2. The molecule has 2 aliphatic rings. The number of aliphatic hydroxyl groups excluding tert-OH is 2. The van der Waals surface area contributed by atoms with Gasteiger partial charge in [0.05, 0.1) is 0 Å². The zero-order chi connectivity index (χ0) is 11.2. The molecular weight excluding hydrogens is 204 g/mol. The van der Waals surface area contributed by atoms with Gasteiger partial charge >= 0.3 is 0 Å². The van der Waals surface area contributed by atoms with Gasteiger partial charge in [-0.15, -0.1) is 0 Å². The molecule has 0 aromatic heterocycles. The highest BCUT2D eigenvalue weighted by Crippen LogP contribution is 2.37. The second-order valence-corrected chi connectivity index (χ2v) is 4.14. The SMILES string of the molecule is CC1(C)O[C@H]2O[C@H](C(=O)CO)[C@H](O)[C@H]2O1. The normalized spacial score (nSPS) is 42.9. The van der Waals surface area contributed by atoms with Gasteiger partial charge < -0.3 is 24.4 Å². The van der Waals surface area contributed by atoms with E-state index in [4.69, 9.17) is 19.3 Å². The molecule has 2 rings (SSSR count). The Hall–Kier alpha value is -0.530. The maximum Gasteiger partial charge on any atom is 0.190 e. The van der Waals surface area contributed by atoms with E-state index < -0.39 is 42.8 Å². The zero-order valence-corrected chi connectivity index (χ0v) is 8.54. The second-order valence-electron chi connectivity index (χ2n) is 4.14. The molecule has 0 aromatic rings. The van der Waals surface area contributed by atoms with Crippen LogP contribution in [0, 0.1) is 0 Å². The van der Waals surface area contributed by atoms with Crippen LogP contribution in [-0.4, -0.2) is 53.0 Å². The quantitative estimate of drug-likeness (QED) is 0.604. The predicted molar refractivity (Wildman–Crippen MR) is 46.8 cm³/mol. The Bertz CT molecular complexity index is 276. The molecule has 0 radical (unpaired) electrons. The van der Waals surface area contributed by atoms with E-state index in [1.165, 1.54) is 0 Å². The molecule has 15 heavy (non-hydrogen) atoms. The van der Waals surface area contributed by atoms with Gasteiger partial charge in [0.25, 0.3) is 0 Å². The van der Waals surface area contributed by atoms with Crippen LogP contribution in [-0.2, 0) is 19.0 Å². The summed E-state index contributed by atoms with van der Waals surface area (Å²) in [6.45, 7) is 2.74. The van der Waals surface area contributed by atoms with E-state index >= 15 is 0 Å². The Morgan fingerprint density at radius 3 is 2.60 bits per heavy atom. The molecule has 2 aliphatic heterocycles. The number of ketones is 1. The number of aliphatic hydroxyl groups is 2. The first-order valence-corrected chi connectivity index (χ1v) is 4.77. The molecule has 2 N–H and O–H groups in total. The van der Waals surface area contributed by atoms with Crippen molar-refractivity contribution in [3.8, 4) is 0 Å². The standard InChI is InChI=1S/C9H14O6/c1-9(2)14-7-5(12)6(4(11)3-10)13-8(7)15-9/h5-8,10,12H,3H2,1-2H3/t5-,6+,7+,8+/m0/s1. The first kappa shape index (κ1) is 11.0. The molecule has 0 bridgehead atoms. The summed E-state index contributed by atoms with van der Waals surface area (Å²) in [4.78, 5) is 11.2. The van der Waals surface area contributed by atoms with Crippen LogP contribution in [0.2, 0.25) is 0 Å². The maximum absolute atomic E-state index is 11.2. The first-order valence-electron chi connectivity index (χ1n) is 4.77. The monoisotopic (exact) mass is 218 g/mol. The van der Waals surface area contributed by atoms with Crippen LogP contribution in [0.4, 0.5) is 0 Å². The largest absolute Gasteiger partial charge is 0.388 e. The first-order chi connectivity index (χ1) is 6.94. The number of hydrogen-bond donors (Lipinski definition) is 2. The number of carbonyl (C=O) groups excluding carboxylic acids is 1. The molecule has 0 saturated carbocycles. The molecule has 0 aliphatic carbocycles. The minimum absolute atomic E-state index is 0.568. The van der Waals surface area contributed by atoms with E-state index in [1.54, 1.807) is 13.8 Å². The molecule has 2 fully saturated rings. The van der Waals surface area contributed by atoms with Crippen LogP contribution in [0.15, 0.2) is 0 Å². The fraction of sp³-hybridized carbons (Fsp3) is 0.889. The topological polar surface area (TPSA) is 85.2 Å². The molecule has 2 heterocycles. The lowest BCUT2D eigenvalue weighted by molar-refractivity contribution is -0.214. The van der Waals surface area contributed by atoms with E-state index in [-0.39, 0.29) is 0 Å². The second kappa shape index (κ2) is 3.50. The minimum Gasteiger partial charge on any atom is -0.388 e. The molecule has 0 aromatic carbocycles. The number of Topliss-reactive ketones (excluding diaryl/α,β-unsaturated/α-hetero) is 1. The molecule has 2 saturated heterocycles. The summed E-state index contributed by atoms with van der Waals surface area (Å²) in [5.74, 6) is -1.38. The van der Waals surface area contributed by atoms with E-state index in [0.717, 1.165) is 0 Å². The molecular formula is C9H14O6. The van der Waals surface area contributed by atoms with Gasteiger partial charge in [0.1, 0.15) is 24.9 Å². The van der Waals surface area contributed by atoms with Gasteiger partial charge in [0.15, 0.2) is 17.9 Å². The van der Waals surface area contributed by atoms with Crippen molar-refractivity contribution in [2.45, 2.75) is 44.2 Å². The average molecular weight is 218 g/mol. The van der Waals surface area contributed by atoms with Gasteiger partial charge in [-0.2, -0.15) is 0 Å².